The van der Waals surface area contributed by atoms with Gasteiger partial charge in [0.05, 0.1) is 13.2 Å². The van der Waals surface area contributed by atoms with E-state index in [0.29, 0.717) is 5.57 Å². The minimum atomic E-state index is -3.16. The van der Waals surface area contributed by atoms with E-state index in [1.807, 2.05) is 0 Å². The highest BCUT2D eigenvalue weighted by atomic mass is 19.3. The van der Waals surface area contributed by atoms with Gasteiger partial charge in [0.25, 0.3) is 11.8 Å². The maximum Gasteiger partial charge on any atom is 0.282 e. The standard InChI is InChI=1S/C13H18F3NO2/c1-8(9-2-3-9)11(14)12(19)17-5-4-10(6-18)13(15,16)7-17/h9-10,18H,2-7H2,1H3. The molecular formula is C13H18F3NO2. The number of carbonyl (C=O) groups is 1. The lowest BCUT2D eigenvalue weighted by atomic mass is 9.93. The first-order chi connectivity index (χ1) is 8.86. The van der Waals surface area contributed by atoms with Crippen LogP contribution in [0.15, 0.2) is 11.4 Å². The molecule has 1 saturated carbocycles. The number of aliphatic hydroxyl groups excluding tert-OH is 1. The normalized spacial score (nSPS) is 28.1. The zero-order chi connectivity index (χ0) is 14.2. The number of likely N-dealkylation sites (tertiary alicyclic amines) is 1. The molecule has 3 nitrogen and oxygen atoms in total. The number of alkyl halides is 2. The van der Waals surface area contributed by atoms with Crippen molar-refractivity contribution in [2.75, 3.05) is 19.7 Å². The fourth-order valence-electron chi connectivity index (χ4n) is 2.39. The lowest BCUT2D eigenvalue weighted by Gasteiger charge is -2.37. The summed E-state index contributed by atoms with van der Waals surface area (Å²) in [6.45, 7) is 0.172. The number of allylic oxidation sites excluding steroid dienone is 1. The van der Waals surface area contributed by atoms with Crippen LogP contribution in [0.25, 0.3) is 0 Å². The van der Waals surface area contributed by atoms with Crippen molar-refractivity contribution in [3.05, 3.63) is 11.4 Å². The fraction of sp³-hybridized carbons (Fsp3) is 0.769. The second-order valence-corrected chi connectivity index (χ2v) is 5.43. The summed E-state index contributed by atoms with van der Waals surface area (Å²) in [6, 6.07) is 0. The summed E-state index contributed by atoms with van der Waals surface area (Å²) in [5.41, 5.74) is 0.373. The van der Waals surface area contributed by atoms with Crippen molar-refractivity contribution in [2.45, 2.75) is 32.1 Å². The molecule has 2 fully saturated rings. The average molecular weight is 277 g/mol. The molecule has 0 spiro atoms. The third-order valence-corrected chi connectivity index (χ3v) is 3.98. The molecule has 0 aromatic rings. The first kappa shape index (κ1) is 14.4. The molecule has 0 aromatic carbocycles. The van der Waals surface area contributed by atoms with Gasteiger partial charge in [0.15, 0.2) is 5.83 Å². The van der Waals surface area contributed by atoms with E-state index in [9.17, 15) is 18.0 Å². The topological polar surface area (TPSA) is 40.5 Å². The molecule has 1 atom stereocenters. The number of hydrogen-bond acceptors (Lipinski definition) is 2. The Bertz CT molecular complexity index is 405. The third-order valence-electron chi connectivity index (χ3n) is 3.98. The Balaban J connectivity index is 2.07. The highest BCUT2D eigenvalue weighted by Crippen LogP contribution is 2.39. The van der Waals surface area contributed by atoms with Crippen LogP contribution in [0.3, 0.4) is 0 Å². The summed E-state index contributed by atoms with van der Waals surface area (Å²) >= 11 is 0. The van der Waals surface area contributed by atoms with Gasteiger partial charge in [-0.2, -0.15) is 0 Å². The number of piperidine rings is 1. The Morgan fingerprint density at radius 3 is 2.47 bits per heavy atom. The van der Waals surface area contributed by atoms with Gasteiger partial charge in [-0.25, -0.2) is 13.2 Å². The molecule has 19 heavy (non-hydrogen) atoms. The molecule has 1 unspecified atom stereocenters. The van der Waals surface area contributed by atoms with Crippen LogP contribution < -0.4 is 0 Å². The molecule has 1 heterocycles. The van der Waals surface area contributed by atoms with Gasteiger partial charge in [-0.05, 0) is 37.7 Å². The highest BCUT2D eigenvalue weighted by molar-refractivity contribution is 5.92. The SMILES string of the molecule is CC(=C(F)C(=O)N1CCC(CO)C(F)(F)C1)C1CC1. The zero-order valence-corrected chi connectivity index (χ0v) is 10.8. The lowest BCUT2D eigenvalue weighted by Crippen LogP contribution is -2.51. The predicted molar refractivity (Wildman–Crippen MR) is 63.3 cm³/mol. The van der Waals surface area contributed by atoms with E-state index in [4.69, 9.17) is 5.11 Å². The second kappa shape index (κ2) is 5.15. The molecule has 1 aliphatic carbocycles. The van der Waals surface area contributed by atoms with E-state index in [0.717, 1.165) is 17.7 Å². The molecule has 0 radical (unpaired) electrons. The fourth-order valence-corrected chi connectivity index (χ4v) is 2.39. The molecule has 1 N–H and O–H groups in total. The monoisotopic (exact) mass is 277 g/mol. The van der Waals surface area contributed by atoms with Crippen molar-refractivity contribution in [2.24, 2.45) is 11.8 Å². The Labute approximate surface area is 110 Å². The van der Waals surface area contributed by atoms with Crippen molar-refractivity contribution in [1.82, 2.24) is 4.90 Å². The van der Waals surface area contributed by atoms with Gasteiger partial charge in [-0.3, -0.25) is 4.79 Å². The van der Waals surface area contributed by atoms with E-state index < -0.39 is 36.7 Å². The van der Waals surface area contributed by atoms with E-state index in [2.05, 4.69) is 0 Å². The molecule has 1 amide bonds. The van der Waals surface area contributed by atoms with Crippen molar-refractivity contribution < 1.29 is 23.1 Å². The van der Waals surface area contributed by atoms with Gasteiger partial charge in [0, 0.05) is 12.5 Å². The van der Waals surface area contributed by atoms with E-state index in [-0.39, 0.29) is 18.9 Å². The minimum absolute atomic E-state index is 0.00893. The summed E-state index contributed by atoms with van der Waals surface area (Å²) in [5, 5.41) is 8.86. The van der Waals surface area contributed by atoms with Crippen molar-refractivity contribution >= 4 is 5.91 Å². The zero-order valence-electron chi connectivity index (χ0n) is 10.8. The van der Waals surface area contributed by atoms with Crippen LogP contribution in [0, 0.1) is 11.8 Å². The number of amides is 1. The summed E-state index contributed by atoms with van der Waals surface area (Å²) < 4.78 is 41.1. The molecule has 1 aliphatic heterocycles. The Morgan fingerprint density at radius 1 is 1.37 bits per heavy atom. The summed E-state index contributed by atoms with van der Waals surface area (Å²) in [5.74, 6) is -6.04. The highest BCUT2D eigenvalue weighted by Gasteiger charge is 2.46. The van der Waals surface area contributed by atoms with Gasteiger partial charge < -0.3 is 10.0 Å². The molecule has 108 valence electrons. The number of rotatable bonds is 3. The van der Waals surface area contributed by atoms with Crippen LogP contribution in [0.2, 0.25) is 0 Å². The lowest BCUT2D eigenvalue weighted by molar-refractivity contribution is -0.152. The molecule has 1 saturated heterocycles. The van der Waals surface area contributed by atoms with E-state index in [1.165, 1.54) is 0 Å². The summed E-state index contributed by atoms with van der Waals surface area (Å²) in [7, 11) is 0. The Hall–Kier alpha value is -1.04. The van der Waals surface area contributed by atoms with Gasteiger partial charge in [-0.1, -0.05) is 0 Å². The first-order valence-corrected chi connectivity index (χ1v) is 6.51. The van der Waals surface area contributed by atoms with Gasteiger partial charge >= 0.3 is 0 Å². The van der Waals surface area contributed by atoms with Crippen LogP contribution in [-0.2, 0) is 4.79 Å². The predicted octanol–water partition coefficient (Wildman–Crippen LogP) is 2.12. The van der Waals surface area contributed by atoms with E-state index >= 15 is 0 Å². The molecule has 2 aliphatic rings. The molecule has 0 aromatic heterocycles. The molecule has 6 heteroatoms. The minimum Gasteiger partial charge on any atom is -0.396 e. The first-order valence-electron chi connectivity index (χ1n) is 6.51. The molecule has 2 rings (SSSR count). The number of aliphatic hydroxyl groups is 1. The number of carbonyl (C=O) groups excluding carboxylic acids is 1. The number of nitrogens with zero attached hydrogens (tertiary/aromatic N) is 1. The van der Waals surface area contributed by atoms with Crippen LogP contribution in [0.1, 0.15) is 26.2 Å². The van der Waals surface area contributed by atoms with Crippen molar-refractivity contribution in [3.8, 4) is 0 Å². The van der Waals surface area contributed by atoms with Crippen LogP contribution in [0.4, 0.5) is 13.2 Å². The maximum atomic E-state index is 13.9. The van der Waals surface area contributed by atoms with E-state index in [1.54, 1.807) is 6.92 Å². The Morgan fingerprint density at radius 2 is 2.00 bits per heavy atom. The molecule has 0 bridgehead atoms. The summed E-state index contributed by atoms with van der Waals surface area (Å²) in [6.07, 6.45) is 1.70. The quantitative estimate of drug-likeness (QED) is 0.803. The second-order valence-electron chi connectivity index (χ2n) is 5.43. The smallest absolute Gasteiger partial charge is 0.282 e. The van der Waals surface area contributed by atoms with Crippen molar-refractivity contribution in [3.63, 3.8) is 0 Å². The summed E-state index contributed by atoms with van der Waals surface area (Å²) in [4.78, 5) is 12.7. The average Bonchev–Trinajstić information content (AvgIpc) is 3.19. The molecular weight excluding hydrogens is 259 g/mol. The van der Waals surface area contributed by atoms with Crippen LogP contribution in [0.5, 0.6) is 0 Å². The van der Waals surface area contributed by atoms with Gasteiger partial charge in [0.2, 0.25) is 0 Å². The number of halogens is 3. The Kier molecular flexibility index (Phi) is 3.90. The van der Waals surface area contributed by atoms with Crippen LogP contribution in [-0.4, -0.2) is 41.5 Å². The third kappa shape index (κ3) is 2.94. The largest absolute Gasteiger partial charge is 0.396 e. The van der Waals surface area contributed by atoms with Crippen molar-refractivity contribution in [1.29, 1.82) is 0 Å². The van der Waals surface area contributed by atoms with Gasteiger partial charge in [-0.15, -0.1) is 0 Å². The van der Waals surface area contributed by atoms with Gasteiger partial charge in [0.1, 0.15) is 0 Å². The maximum absolute atomic E-state index is 13.9. The van der Waals surface area contributed by atoms with Crippen LogP contribution >= 0.6 is 0 Å². The number of hydrogen-bond donors (Lipinski definition) is 1.